The van der Waals surface area contributed by atoms with Crippen molar-refractivity contribution in [2.45, 2.75) is 30.8 Å². The van der Waals surface area contributed by atoms with Crippen LogP contribution in [-0.2, 0) is 21.4 Å². The molecule has 0 aliphatic carbocycles. The predicted molar refractivity (Wildman–Crippen MR) is 110 cm³/mol. The summed E-state index contributed by atoms with van der Waals surface area (Å²) >= 11 is 0. The van der Waals surface area contributed by atoms with Crippen LogP contribution in [0.5, 0.6) is 0 Å². The van der Waals surface area contributed by atoms with Crippen LogP contribution in [-0.4, -0.2) is 36.9 Å². The van der Waals surface area contributed by atoms with Gasteiger partial charge in [0.2, 0.25) is 10.0 Å². The average molecular weight is 426 g/mol. The minimum atomic E-state index is -3.75. The number of aromatic nitrogens is 1. The van der Waals surface area contributed by atoms with Crippen LogP contribution >= 0.6 is 0 Å². The number of sulfonamides is 1. The van der Waals surface area contributed by atoms with E-state index in [4.69, 9.17) is 9.26 Å². The maximum absolute atomic E-state index is 13.0. The highest BCUT2D eigenvalue weighted by molar-refractivity contribution is 7.89. The third kappa shape index (κ3) is 4.29. The lowest BCUT2D eigenvalue weighted by molar-refractivity contribution is 0.0459. The zero-order chi connectivity index (χ0) is 21.0. The summed E-state index contributed by atoms with van der Waals surface area (Å²) in [7, 11) is -3.75. The van der Waals surface area contributed by atoms with Crippen molar-refractivity contribution in [2.24, 2.45) is 0 Å². The standard InChI is InChI=1S/C22H22N2O5S/c25-22(28-16-18-15-20(29-23-18)17-9-3-1-4-10-17)19-11-5-6-12-21(19)30(26,27)24-13-7-2-8-14-24/h1,3-6,9-12,15H,2,7-8,13-14,16H2. The summed E-state index contributed by atoms with van der Waals surface area (Å²) in [4.78, 5) is 12.7. The van der Waals surface area contributed by atoms with Gasteiger partial charge in [0.05, 0.1) is 10.5 Å². The van der Waals surface area contributed by atoms with Crippen molar-refractivity contribution in [3.8, 4) is 11.3 Å². The molecule has 0 radical (unpaired) electrons. The molecule has 1 aliphatic heterocycles. The predicted octanol–water partition coefficient (Wildman–Crippen LogP) is 3.87. The van der Waals surface area contributed by atoms with Gasteiger partial charge in [-0.2, -0.15) is 4.31 Å². The Labute approximate surface area is 175 Å². The largest absolute Gasteiger partial charge is 0.455 e. The molecule has 8 heteroatoms. The fourth-order valence-corrected chi connectivity index (χ4v) is 5.14. The highest BCUT2D eigenvalue weighted by Gasteiger charge is 2.30. The minimum absolute atomic E-state index is 0.0230. The van der Waals surface area contributed by atoms with Crippen molar-refractivity contribution >= 4 is 16.0 Å². The van der Waals surface area contributed by atoms with E-state index >= 15 is 0 Å². The Morgan fingerprint density at radius 2 is 1.70 bits per heavy atom. The molecule has 0 N–H and O–H groups in total. The molecule has 3 aromatic rings. The number of piperidine rings is 1. The van der Waals surface area contributed by atoms with E-state index < -0.39 is 16.0 Å². The van der Waals surface area contributed by atoms with Gasteiger partial charge in [0.1, 0.15) is 12.3 Å². The molecule has 0 amide bonds. The Kier molecular flexibility index (Phi) is 5.96. The Hall–Kier alpha value is -2.97. The molecule has 2 aromatic carbocycles. The van der Waals surface area contributed by atoms with Crippen molar-refractivity contribution in [3.63, 3.8) is 0 Å². The second-order valence-corrected chi connectivity index (χ2v) is 8.99. The van der Waals surface area contributed by atoms with Crippen LogP contribution in [0.15, 0.2) is 70.1 Å². The van der Waals surface area contributed by atoms with Crippen LogP contribution in [0.4, 0.5) is 0 Å². The molecule has 1 aromatic heterocycles. The number of rotatable bonds is 6. The van der Waals surface area contributed by atoms with Crippen molar-refractivity contribution in [3.05, 3.63) is 71.9 Å². The monoisotopic (exact) mass is 426 g/mol. The first-order valence-electron chi connectivity index (χ1n) is 9.83. The topological polar surface area (TPSA) is 89.7 Å². The molecule has 0 saturated carbocycles. The maximum atomic E-state index is 13.0. The Balaban J connectivity index is 1.49. The fourth-order valence-electron chi connectivity index (χ4n) is 3.44. The number of benzene rings is 2. The Bertz CT molecular complexity index is 1120. The Morgan fingerprint density at radius 3 is 2.47 bits per heavy atom. The SMILES string of the molecule is O=C(OCc1cc(-c2ccccc2)on1)c1ccccc1S(=O)(=O)N1CCCCC1. The number of hydrogen-bond donors (Lipinski definition) is 0. The van der Waals surface area contributed by atoms with Gasteiger partial charge in [-0.05, 0) is 25.0 Å². The highest BCUT2D eigenvalue weighted by atomic mass is 32.2. The molecular weight excluding hydrogens is 404 g/mol. The summed E-state index contributed by atoms with van der Waals surface area (Å²) in [5, 5.41) is 3.92. The van der Waals surface area contributed by atoms with E-state index in [1.165, 1.54) is 16.4 Å². The van der Waals surface area contributed by atoms with Crippen LogP contribution in [0.25, 0.3) is 11.3 Å². The van der Waals surface area contributed by atoms with E-state index in [-0.39, 0.29) is 17.1 Å². The minimum Gasteiger partial charge on any atom is -0.455 e. The molecule has 7 nitrogen and oxygen atoms in total. The van der Waals surface area contributed by atoms with Gasteiger partial charge in [0, 0.05) is 24.7 Å². The Morgan fingerprint density at radius 1 is 1.00 bits per heavy atom. The summed E-state index contributed by atoms with van der Waals surface area (Å²) in [6, 6.07) is 17.3. The van der Waals surface area contributed by atoms with E-state index in [0.717, 1.165) is 24.8 Å². The van der Waals surface area contributed by atoms with Gasteiger partial charge in [0.15, 0.2) is 5.76 Å². The van der Waals surface area contributed by atoms with Crippen LogP contribution in [0.1, 0.15) is 35.3 Å². The first-order valence-corrected chi connectivity index (χ1v) is 11.3. The summed E-state index contributed by atoms with van der Waals surface area (Å²) in [6.45, 7) is 0.813. The molecule has 0 unspecified atom stereocenters. The number of nitrogens with zero attached hydrogens (tertiary/aromatic N) is 2. The van der Waals surface area contributed by atoms with E-state index in [9.17, 15) is 13.2 Å². The average Bonchev–Trinajstić information content (AvgIpc) is 3.28. The quantitative estimate of drug-likeness (QED) is 0.556. The van der Waals surface area contributed by atoms with Crippen LogP contribution in [0.3, 0.4) is 0 Å². The molecule has 1 fully saturated rings. The van der Waals surface area contributed by atoms with E-state index in [1.807, 2.05) is 30.3 Å². The molecule has 0 bridgehead atoms. The zero-order valence-electron chi connectivity index (χ0n) is 16.4. The van der Waals surface area contributed by atoms with E-state index in [1.54, 1.807) is 18.2 Å². The first kappa shape index (κ1) is 20.3. The van der Waals surface area contributed by atoms with Crippen LogP contribution < -0.4 is 0 Å². The van der Waals surface area contributed by atoms with E-state index in [2.05, 4.69) is 5.16 Å². The molecule has 1 aliphatic rings. The smallest absolute Gasteiger partial charge is 0.339 e. The lowest BCUT2D eigenvalue weighted by Crippen LogP contribution is -2.36. The summed E-state index contributed by atoms with van der Waals surface area (Å²) in [5.41, 5.74) is 1.33. The van der Waals surface area contributed by atoms with Gasteiger partial charge < -0.3 is 9.26 Å². The van der Waals surface area contributed by atoms with Crippen molar-refractivity contribution < 1.29 is 22.5 Å². The molecule has 0 spiro atoms. The van der Waals surface area contributed by atoms with Crippen molar-refractivity contribution in [1.29, 1.82) is 0 Å². The van der Waals surface area contributed by atoms with Gasteiger partial charge in [-0.1, -0.05) is 54.0 Å². The number of carbonyl (C=O) groups is 1. The van der Waals surface area contributed by atoms with Gasteiger partial charge >= 0.3 is 5.97 Å². The molecule has 1 saturated heterocycles. The molecule has 0 atom stereocenters. The van der Waals surface area contributed by atoms with Crippen molar-refractivity contribution in [2.75, 3.05) is 13.1 Å². The molecule has 30 heavy (non-hydrogen) atoms. The van der Waals surface area contributed by atoms with E-state index in [0.29, 0.717) is 24.5 Å². The first-order chi connectivity index (χ1) is 14.6. The highest BCUT2D eigenvalue weighted by Crippen LogP contribution is 2.25. The molecule has 156 valence electrons. The second-order valence-electron chi connectivity index (χ2n) is 7.09. The van der Waals surface area contributed by atoms with Gasteiger partial charge in [-0.25, -0.2) is 13.2 Å². The fraction of sp³-hybridized carbons (Fsp3) is 0.273. The second kappa shape index (κ2) is 8.81. The summed E-state index contributed by atoms with van der Waals surface area (Å²) < 4.78 is 38.2. The third-order valence-corrected chi connectivity index (χ3v) is 6.97. The van der Waals surface area contributed by atoms with Crippen LogP contribution in [0, 0.1) is 0 Å². The number of carbonyl (C=O) groups excluding carboxylic acids is 1. The number of esters is 1. The molecule has 4 rings (SSSR count). The lowest BCUT2D eigenvalue weighted by atomic mass is 10.2. The van der Waals surface area contributed by atoms with Crippen molar-refractivity contribution in [1.82, 2.24) is 9.46 Å². The van der Waals surface area contributed by atoms with Gasteiger partial charge in [0.25, 0.3) is 0 Å². The van der Waals surface area contributed by atoms with Gasteiger partial charge in [-0.3, -0.25) is 0 Å². The zero-order valence-corrected chi connectivity index (χ0v) is 17.2. The third-order valence-electron chi connectivity index (χ3n) is 5.01. The normalized spacial score (nSPS) is 15.1. The maximum Gasteiger partial charge on any atom is 0.339 e. The number of ether oxygens (including phenoxy) is 1. The molecule has 2 heterocycles. The molecular formula is C22H22N2O5S. The van der Waals surface area contributed by atoms with Gasteiger partial charge in [-0.15, -0.1) is 0 Å². The van der Waals surface area contributed by atoms with Crippen LogP contribution in [0.2, 0.25) is 0 Å². The summed E-state index contributed by atoms with van der Waals surface area (Å²) in [6.07, 6.45) is 2.65. The number of hydrogen-bond acceptors (Lipinski definition) is 6. The summed E-state index contributed by atoms with van der Waals surface area (Å²) in [5.74, 6) is -0.148. The lowest BCUT2D eigenvalue weighted by Gasteiger charge is -2.26.